The second-order valence-electron chi connectivity index (χ2n) is 10.8. The molecule has 0 amide bonds. The molecule has 8 nitrogen and oxygen atoms in total. The van der Waals surface area contributed by atoms with Gasteiger partial charge in [-0.2, -0.15) is 13.2 Å². The normalized spacial score (nSPS) is 17.0. The number of nitrogens with one attached hydrogen (secondary N) is 1. The summed E-state index contributed by atoms with van der Waals surface area (Å²) in [4.78, 5) is 24.8. The second kappa shape index (κ2) is 14.1. The first-order chi connectivity index (χ1) is 20.7. The lowest BCUT2D eigenvalue weighted by Crippen LogP contribution is -2.49. The number of imidazole rings is 1. The van der Waals surface area contributed by atoms with Gasteiger partial charge in [0.25, 0.3) is 0 Å². The first-order valence-electron chi connectivity index (χ1n) is 14.4. The van der Waals surface area contributed by atoms with Crippen LogP contribution in [0.3, 0.4) is 0 Å². The van der Waals surface area contributed by atoms with Crippen LogP contribution in [0.15, 0.2) is 72.8 Å². The molecule has 1 aromatic heterocycles. The van der Waals surface area contributed by atoms with Crippen molar-refractivity contribution in [1.82, 2.24) is 24.7 Å². The maximum atomic E-state index is 10.6. The van der Waals surface area contributed by atoms with E-state index >= 15 is 0 Å². The zero-order chi connectivity index (χ0) is 30.2. The van der Waals surface area contributed by atoms with Crippen molar-refractivity contribution in [3.8, 4) is 22.5 Å². The van der Waals surface area contributed by atoms with E-state index in [2.05, 4.69) is 74.3 Å². The fourth-order valence-electron chi connectivity index (χ4n) is 5.25. The van der Waals surface area contributed by atoms with Crippen LogP contribution >= 0.6 is 0 Å². The molecule has 0 radical (unpaired) electrons. The van der Waals surface area contributed by atoms with Gasteiger partial charge in [-0.3, -0.25) is 14.7 Å². The Morgan fingerprint density at radius 2 is 1.28 bits per heavy atom. The van der Waals surface area contributed by atoms with E-state index in [4.69, 9.17) is 19.6 Å². The Hall–Kier alpha value is -3.77. The van der Waals surface area contributed by atoms with Crippen LogP contribution in [-0.4, -0.2) is 107 Å². The van der Waals surface area contributed by atoms with Gasteiger partial charge in [-0.15, -0.1) is 0 Å². The Kier molecular flexibility index (Phi) is 10.1. The van der Waals surface area contributed by atoms with Crippen molar-refractivity contribution in [2.75, 3.05) is 65.6 Å². The zero-order valence-corrected chi connectivity index (χ0v) is 23.9. The molecule has 0 atom stereocenters. The summed E-state index contributed by atoms with van der Waals surface area (Å²) >= 11 is 0. The van der Waals surface area contributed by atoms with Gasteiger partial charge in [0.05, 0.1) is 24.2 Å². The van der Waals surface area contributed by atoms with E-state index in [1.807, 2.05) is 18.2 Å². The molecule has 0 aliphatic carbocycles. The molecule has 6 rings (SSSR count). The number of fused-ring (bicyclic) bond motifs is 1. The number of ether oxygens (including phenoxy) is 1. The smallest absolute Gasteiger partial charge is 0.475 e. The minimum Gasteiger partial charge on any atom is -0.475 e. The molecule has 2 aliphatic heterocycles. The number of piperazine rings is 1. The predicted molar refractivity (Wildman–Crippen MR) is 160 cm³/mol. The molecule has 3 heterocycles. The molecule has 43 heavy (non-hydrogen) atoms. The number of hydrogen-bond acceptors (Lipinski definition) is 6. The lowest BCUT2D eigenvalue weighted by molar-refractivity contribution is -0.192. The standard InChI is InChI=1S/C30H35N5O.C2HF3O2/c1-2-4-29-28(3-1)31-30(32-29)27-11-9-26(10-12-27)25-7-5-24(6-8-25)23-35-17-15-33(16-18-35)13-14-34-19-21-36-22-20-34;3-2(4,5)1(6)7/h1-12H,13-23H2,(H,31,32);(H,6,7). The van der Waals surface area contributed by atoms with Gasteiger partial charge < -0.3 is 14.8 Å². The maximum absolute atomic E-state index is 10.6. The van der Waals surface area contributed by atoms with E-state index in [1.165, 1.54) is 42.9 Å². The Morgan fingerprint density at radius 3 is 1.86 bits per heavy atom. The van der Waals surface area contributed by atoms with E-state index in [0.717, 1.165) is 68.4 Å². The maximum Gasteiger partial charge on any atom is 0.490 e. The minimum absolute atomic E-state index is 0.889. The molecule has 0 bridgehead atoms. The molecule has 3 aromatic carbocycles. The number of carbonyl (C=O) groups is 1. The number of H-pyrrole nitrogens is 1. The van der Waals surface area contributed by atoms with Gasteiger partial charge in [-0.05, 0) is 28.8 Å². The number of aliphatic carboxylic acids is 1. The number of aromatic nitrogens is 2. The number of halogens is 3. The van der Waals surface area contributed by atoms with Crippen molar-refractivity contribution in [2.45, 2.75) is 12.7 Å². The van der Waals surface area contributed by atoms with Crippen LogP contribution < -0.4 is 0 Å². The first-order valence-corrected chi connectivity index (χ1v) is 14.4. The molecular weight excluding hydrogens is 559 g/mol. The molecule has 0 unspecified atom stereocenters. The summed E-state index contributed by atoms with van der Waals surface area (Å²) in [5.41, 5.74) is 7.05. The monoisotopic (exact) mass is 595 g/mol. The lowest BCUT2D eigenvalue weighted by Gasteiger charge is -2.36. The fourth-order valence-corrected chi connectivity index (χ4v) is 5.25. The van der Waals surface area contributed by atoms with E-state index in [0.29, 0.717) is 0 Å². The van der Waals surface area contributed by atoms with Crippen molar-refractivity contribution in [3.05, 3.63) is 78.4 Å². The van der Waals surface area contributed by atoms with E-state index in [-0.39, 0.29) is 0 Å². The number of para-hydroxylation sites is 2. The zero-order valence-electron chi connectivity index (χ0n) is 23.9. The van der Waals surface area contributed by atoms with Gasteiger partial charge in [0, 0.05) is 64.5 Å². The highest BCUT2D eigenvalue weighted by Gasteiger charge is 2.38. The number of carboxylic acid groups (broad SMARTS) is 1. The molecule has 0 spiro atoms. The van der Waals surface area contributed by atoms with Crippen molar-refractivity contribution in [2.24, 2.45) is 0 Å². The SMILES string of the molecule is O=C(O)C(F)(F)F.c1ccc2[nH]c(-c3ccc(-c4ccc(CN5CCN(CCN6CCOCC6)CC5)cc4)cc3)nc2c1. The molecular formula is C32H36F3N5O3. The summed E-state index contributed by atoms with van der Waals surface area (Å²) in [5, 5.41) is 7.12. The summed E-state index contributed by atoms with van der Waals surface area (Å²) in [6, 6.07) is 25.9. The van der Waals surface area contributed by atoms with Gasteiger partial charge in [-0.1, -0.05) is 60.7 Å². The number of morpholine rings is 1. The number of carboxylic acids is 1. The van der Waals surface area contributed by atoms with Gasteiger partial charge in [0.1, 0.15) is 5.82 Å². The molecule has 11 heteroatoms. The summed E-state index contributed by atoms with van der Waals surface area (Å²) < 4.78 is 37.2. The summed E-state index contributed by atoms with van der Waals surface area (Å²) in [6.45, 7) is 12.0. The molecule has 2 saturated heterocycles. The number of aromatic amines is 1. The molecule has 4 aromatic rings. The Labute approximate surface area is 248 Å². The number of hydrogen-bond donors (Lipinski definition) is 2. The fraction of sp³-hybridized carbons (Fsp3) is 0.375. The third-order valence-electron chi connectivity index (χ3n) is 7.78. The van der Waals surface area contributed by atoms with E-state index in [1.54, 1.807) is 0 Å². The van der Waals surface area contributed by atoms with Crippen molar-refractivity contribution >= 4 is 17.0 Å². The Bertz CT molecular complexity index is 1430. The highest BCUT2D eigenvalue weighted by Crippen LogP contribution is 2.25. The van der Waals surface area contributed by atoms with E-state index in [9.17, 15) is 13.2 Å². The minimum atomic E-state index is -5.08. The van der Waals surface area contributed by atoms with Crippen LogP contribution in [0.25, 0.3) is 33.5 Å². The quantitative estimate of drug-likeness (QED) is 0.312. The van der Waals surface area contributed by atoms with Gasteiger partial charge in [0.15, 0.2) is 0 Å². The van der Waals surface area contributed by atoms with Crippen molar-refractivity contribution in [1.29, 1.82) is 0 Å². The van der Waals surface area contributed by atoms with Crippen molar-refractivity contribution in [3.63, 3.8) is 0 Å². The molecule has 228 valence electrons. The van der Waals surface area contributed by atoms with Crippen LogP contribution in [0.1, 0.15) is 5.56 Å². The first kappa shape index (κ1) is 30.7. The van der Waals surface area contributed by atoms with E-state index < -0.39 is 12.1 Å². The Morgan fingerprint density at radius 1 is 0.767 bits per heavy atom. The number of nitrogens with zero attached hydrogens (tertiary/aromatic N) is 4. The van der Waals surface area contributed by atoms with Crippen LogP contribution in [0, 0.1) is 0 Å². The topological polar surface area (TPSA) is 84.9 Å². The van der Waals surface area contributed by atoms with Crippen LogP contribution in [-0.2, 0) is 16.1 Å². The third kappa shape index (κ3) is 8.64. The van der Waals surface area contributed by atoms with Gasteiger partial charge in [0.2, 0.25) is 0 Å². The number of benzene rings is 3. The lowest BCUT2D eigenvalue weighted by atomic mass is 10.0. The highest BCUT2D eigenvalue weighted by molar-refractivity contribution is 5.79. The van der Waals surface area contributed by atoms with Gasteiger partial charge in [-0.25, -0.2) is 9.78 Å². The number of rotatable bonds is 7. The molecule has 2 fully saturated rings. The number of alkyl halides is 3. The van der Waals surface area contributed by atoms with Crippen LogP contribution in [0.4, 0.5) is 13.2 Å². The van der Waals surface area contributed by atoms with Crippen molar-refractivity contribution < 1.29 is 27.8 Å². The summed E-state index contributed by atoms with van der Waals surface area (Å²) in [7, 11) is 0. The Balaban J connectivity index is 0.000000472. The third-order valence-corrected chi connectivity index (χ3v) is 7.78. The second-order valence-corrected chi connectivity index (χ2v) is 10.8. The predicted octanol–water partition coefficient (Wildman–Crippen LogP) is 4.98. The average molecular weight is 596 g/mol. The summed E-state index contributed by atoms with van der Waals surface area (Å²) in [5.74, 6) is -1.84. The highest BCUT2D eigenvalue weighted by atomic mass is 19.4. The summed E-state index contributed by atoms with van der Waals surface area (Å²) in [6.07, 6.45) is -5.08. The van der Waals surface area contributed by atoms with Crippen LogP contribution in [0.5, 0.6) is 0 Å². The van der Waals surface area contributed by atoms with Gasteiger partial charge >= 0.3 is 12.1 Å². The molecule has 0 saturated carbocycles. The molecule has 2 aliphatic rings. The van der Waals surface area contributed by atoms with Crippen LogP contribution in [0.2, 0.25) is 0 Å². The average Bonchev–Trinajstić information content (AvgIpc) is 3.46. The molecule has 2 N–H and O–H groups in total. The largest absolute Gasteiger partial charge is 0.490 e.